The van der Waals surface area contributed by atoms with Gasteiger partial charge in [-0.1, -0.05) is 12.1 Å². The Hall–Kier alpha value is -2.57. The van der Waals surface area contributed by atoms with Crippen LogP contribution in [0.25, 0.3) is 0 Å². The summed E-state index contributed by atoms with van der Waals surface area (Å²) in [6, 6.07) is 2.87. The largest absolute Gasteiger partial charge is 0.507 e. The SMILES string of the molecule is Cc1cccc(C(=O)N[C@H](CC(=O)O)C(=O)O)c1O. The van der Waals surface area contributed by atoms with Gasteiger partial charge >= 0.3 is 11.9 Å². The molecule has 0 saturated heterocycles. The van der Waals surface area contributed by atoms with Crippen LogP contribution in [0.5, 0.6) is 5.75 Å². The summed E-state index contributed by atoms with van der Waals surface area (Å²) < 4.78 is 0. The number of carboxylic acid groups (broad SMARTS) is 2. The number of carbonyl (C=O) groups excluding carboxylic acids is 1. The maximum atomic E-state index is 11.8. The maximum absolute atomic E-state index is 11.8. The van der Waals surface area contributed by atoms with Crippen molar-refractivity contribution in [1.82, 2.24) is 5.32 Å². The molecule has 19 heavy (non-hydrogen) atoms. The first kappa shape index (κ1) is 14.5. The molecule has 0 aliphatic heterocycles. The van der Waals surface area contributed by atoms with E-state index in [0.717, 1.165) is 0 Å². The molecule has 0 aliphatic rings. The number of para-hydroxylation sites is 1. The third kappa shape index (κ3) is 3.70. The molecule has 0 spiro atoms. The highest BCUT2D eigenvalue weighted by atomic mass is 16.4. The van der Waals surface area contributed by atoms with Crippen LogP contribution in [0.2, 0.25) is 0 Å². The Kier molecular flexibility index (Phi) is 4.46. The fraction of sp³-hybridized carbons (Fsp3) is 0.250. The zero-order chi connectivity index (χ0) is 14.6. The highest BCUT2D eigenvalue weighted by molar-refractivity contribution is 5.99. The Morgan fingerprint density at radius 1 is 1.26 bits per heavy atom. The fourth-order valence-corrected chi connectivity index (χ4v) is 1.45. The van der Waals surface area contributed by atoms with Crippen LogP contribution in [-0.4, -0.2) is 39.2 Å². The zero-order valence-electron chi connectivity index (χ0n) is 10.1. The molecule has 0 aliphatic carbocycles. The van der Waals surface area contributed by atoms with E-state index in [1.807, 2.05) is 0 Å². The van der Waals surface area contributed by atoms with E-state index in [1.54, 1.807) is 13.0 Å². The van der Waals surface area contributed by atoms with Crippen LogP contribution in [0.15, 0.2) is 18.2 Å². The summed E-state index contributed by atoms with van der Waals surface area (Å²) in [6.07, 6.45) is -0.742. The lowest BCUT2D eigenvalue weighted by atomic mass is 10.1. The van der Waals surface area contributed by atoms with Crippen molar-refractivity contribution < 1.29 is 29.7 Å². The van der Waals surface area contributed by atoms with E-state index in [2.05, 4.69) is 5.32 Å². The molecule has 7 nitrogen and oxygen atoms in total. The standard InChI is InChI=1S/C12H13NO6/c1-6-3-2-4-7(10(6)16)11(17)13-8(12(18)19)5-9(14)15/h2-4,8,16H,5H2,1H3,(H,13,17)(H,14,15)(H,18,19)/t8-/m1/s1. The van der Waals surface area contributed by atoms with E-state index in [4.69, 9.17) is 10.2 Å². The number of hydrogen-bond donors (Lipinski definition) is 4. The van der Waals surface area contributed by atoms with Gasteiger partial charge in [-0.3, -0.25) is 9.59 Å². The van der Waals surface area contributed by atoms with Crippen molar-refractivity contribution in [3.8, 4) is 5.75 Å². The van der Waals surface area contributed by atoms with E-state index < -0.39 is 30.3 Å². The molecule has 0 bridgehead atoms. The highest BCUT2D eigenvalue weighted by Crippen LogP contribution is 2.21. The molecule has 0 radical (unpaired) electrons. The number of hydrogen-bond acceptors (Lipinski definition) is 4. The molecule has 4 N–H and O–H groups in total. The summed E-state index contributed by atoms with van der Waals surface area (Å²) in [6.45, 7) is 1.58. The normalized spacial score (nSPS) is 11.6. The number of benzene rings is 1. The third-order valence-corrected chi connectivity index (χ3v) is 2.46. The number of nitrogens with one attached hydrogen (secondary N) is 1. The number of phenolic OH excluding ortho intramolecular Hbond substituents is 1. The molecule has 0 saturated carbocycles. The second kappa shape index (κ2) is 5.85. The predicted molar refractivity (Wildman–Crippen MR) is 64.0 cm³/mol. The zero-order valence-corrected chi connectivity index (χ0v) is 10.1. The Morgan fingerprint density at radius 2 is 1.89 bits per heavy atom. The van der Waals surface area contributed by atoms with Gasteiger partial charge in [0.25, 0.3) is 5.91 Å². The summed E-state index contributed by atoms with van der Waals surface area (Å²) in [5, 5.41) is 29.1. The topological polar surface area (TPSA) is 124 Å². The van der Waals surface area contributed by atoms with Gasteiger partial charge in [-0.25, -0.2) is 4.79 Å². The molecule has 7 heteroatoms. The van der Waals surface area contributed by atoms with Crippen molar-refractivity contribution in [2.45, 2.75) is 19.4 Å². The van der Waals surface area contributed by atoms with Gasteiger partial charge in [-0.05, 0) is 18.6 Å². The lowest BCUT2D eigenvalue weighted by Crippen LogP contribution is -2.42. The quantitative estimate of drug-likeness (QED) is 0.610. The van der Waals surface area contributed by atoms with Crippen molar-refractivity contribution >= 4 is 17.8 Å². The number of carboxylic acids is 2. The number of aryl methyl sites for hydroxylation is 1. The average Bonchev–Trinajstić information content (AvgIpc) is 2.31. The molecule has 0 fully saturated rings. The van der Waals surface area contributed by atoms with E-state index in [9.17, 15) is 19.5 Å². The molecule has 1 amide bonds. The molecule has 102 valence electrons. The first-order valence-corrected chi connectivity index (χ1v) is 5.37. The molecule has 0 aromatic heterocycles. The molecule has 0 unspecified atom stereocenters. The smallest absolute Gasteiger partial charge is 0.326 e. The van der Waals surface area contributed by atoms with Crippen LogP contribution >= 0.6 is 0 Å². The van der Waals surface area contributed by atoms with Gasteiger partial charge in [-0.15, -0.1) is 0 Å². The Morgan fingerprint density at radius 3 is 2.42 bits per heavy atom. The average molecular weight is 267 g/mol. The van der Waals surface area contributed by atoms with Crippen molar-refractivity contribution in [2.24, 2.45) is 0 Å². The molecular weight excluding hydrogens is 254 g/mol. The first-order valence-electron chi connectivity index (χ1n) is 5.37. The van der Waals surface area contributed by atoms with Crippen LogP contribution in [0.3, 0.4) is 0 Å². The van der Waals surface area contributed by atoms with Gasteiger partial charge in [0.05, 0.1) is 12.0 Å². The van der Waals surface area contributed by atoms with Crippen molar-refractivity contribution in [1.29, 1.82) is 0 Å². The number of rotatable bonds is 5. The van der Waals surface area contributed by atoms with Crippen molar-refractivity contribution in [3.05, 3.63) is 29.3 Å². The summed E-state index contributed by atoms with van der Waals surface area (Å²) in [7, 11) is 0. The van der Waals surface area contributed by atoms with Gasteiger partial charge in [0, 0.05) is 0 Å². The lowest BCUT2D eigenvalue weighted by Gasteiger charge is -2.13. The number of phenols is 1. The monoisotopic (exact) mass is 267 g/mol. The summed E-state index contributed by atoms with van der Waals surface area (Å²) in [5.41, 5.74) is 0.356. The van der Waals surface area contributed by atoms with Crippen LogP contribution in [0.4, 0.5) is 0 Å². The fourth-order valence-electron chi connectivity index (χ4n) is 1.45. The second-order valence-corrected chi connectivity index (χ2v) is 3.93. The minimum Gasteiger partial charge on any atom is -0.507 e. The Bertz CT molecular complexity index is 525. The number of aliphatic carboxylic acids is 2. The van der Waals surface area contributed by atoms with Crippen LogP contribution in [0, 0.1) is 6.92 Å². The molecule has 1 rings (SSSR count). The second-order valence-electron chi connectivity index (χ2n) is 3.93. The molecule has 1 atom stereocenters. The minimum absolute atomic E-state index is 0.100. The van der Waals surface area contributed by atoms with Crippen molar-refractivity contribution in [3.63, 3.8) is 0 Å². The number of amides is 1. The highest BCUT2D eigenvalue weighted by Gasteiger charge is 2.24. The van der Waals surface area contributed by atoms with E-state index in [1.165, 1.54) is 12.1 Å². The molecular formula is C12H13NO6. The van der Waals surface area contributed by atoms with E-state index in [0.29, 0.717) is 5.56 Å². The van der Waals surface area contributed by atoms with E-state index >= 15 is 0 Å². The number of carbonyl (C=O) groups is 3. The first-order chi connectivity index (χ1) is 8.82. The molecule has 0 heterocycles. The van der Waals surface area contributed by atoms with Crippen molar-refractivity contribution in [2.75, 3.05) is 0 Å². The summed E-state index contributed by atoms with van der Waals surface area (Å²) in [5.74, 6) is -3.90. The van der Waals surface area contributed by atoms with Gasteiger partial charge in [-0.2, -0.15) is 0 Å². The minimum atomic E-state index is -1.55. The third-order valence-electron chi connectivity index (χ3n) is 2.46. The maximum Gasteiger partial charge on any atom is 0.326 e. The van der Waals surface area contributed by atoms with E-state index in [-0.39, 0.29) is 11.3 Å². The van der Waals surface area contributed by atoms with Gasteiger partial charge < -0.3 is 20.6 Å². The van der Waals surface area contributed by atoms with Gasteiger partial charge in [0.2, 0.25) is 0 Å². The van der Waals surface area contributed by atoms with Crippen LogP contribution in [-0.2, 0) is 9.59 Å². The van der Waals surface area contributed by atoms with Gasteiger partial charge in [0.1, 0.15) is 11.8 Å². The predicted octanol–water partition coefficient (Wildman–Crippen LogP) is 0.358. The summed E-state index contributed by atoms with van der Waals surface area (Å²) in [4.78, 5) is 33.1. The van der Waals surface area contributed by atoms with Crippen LogP contribution in [0.1, 0.15) is 22.3 Å². The Labute approximate surface area is 108 Å². The summed E-state index contributed by atoms with van der Waals surface area (Å²) >= 11 is 0. The number of aromatic hydroxyl groups is 1. The molecule has 1 aromatic rings. The lowest BCUT2D eigenvalue weighted by molar-refractivity contribution is -0.145. The molecule has 1 aromatic carbocycles. The van der Waals surface area contributed by atoms with Gasteiger partial charge in [0.15, 0.2) is 0 Å². The van der Waals surface area contributed by atoms with Crippen LogP contribution < -0.4 is 5.32 Å². The Balaban J connectivity index is 2.91.